The molecule has 6 nitrogen and oxygen atoms in total. The molecule has 2 atom stereocenters. The van der Waals surface area contributed by atoms with Crippen molar-refractivity contribution < 1.29 is 20.1 Å². The number of aliphatic hydroxyl groups is 2. The van der Waals surface area contributed by atoms with Crippen molar-refractivity contribution >= 4 is 11.7 Å². The van der Waals surface area contributed by atoms with E-state index in [-0.39, 0.29) is 23.4 Å². The SMILES string of the molecule is NCC(O)C(O)c1ccc(C(=O)O)cc1N. The van der Waals surface area contributed by atoms with Crippen LogP contribution in [0.3, 0.4) is 0 Å². The van der Waals surface area contributed by atoms with Crippen LogP contribution in [-0.4, -0.2) is 33.9 Å². The number of nitrogens with two attached hydrogens (primary N) is 2. The van der Waals surface area contributed by atoms with Crippen molar-refractivity contribution in [3.63, 3.8) is 0 Å². The van der Waals surface area contributed by atoms with Crippen molar-refractivity contribution in [1.82, 2.24) is 0 Å². The molecule has 0 heterocycles. The fourth-order valence-corrected chi connectivity index (χ4v) is 1.31. The summed E-state index contributed by atoms with van der Waals surface area (Å²) in [5.41, 5.74) is 11.2. The van der Waals surface area contributed by atoms with E-state index in [9.17, 15) is 15.0 Å². The summed E-state index contributed by atoms with van der Waals surface area (Å²) in [7, 11) is 0. The summed E-state index contributed by atoms with van der Waals surface area (Å²) in [5.74, 6) is -1.10. The second-order valence-electron chi connectivity index (χ2n) is 3.40. The van der Waals surface area contributed by atoms with Crippen molar-refractivity contribution in [3.05, 3.63) is 29.3 Å². The summed E-state index contributed by atoms with van der Waals surface area (Å²) in [6, 6.07) is 3.90. The molecule has 88 valence electrons. The first-order chi connectivity index (χ1) is 7.47. The minimum Gasteiger partial charge on any atom is -0.478 e. The van der Waals surface area contributed by atoms with Crippen LogP contribution in [0.5, 0.6) is 0 Å². The first-order valence-electron chi connectivity index (χ1n) is 4.66. The zero-order valence-electron chi connectivity index (χ0n) is 8.50. The quantitative estimate of drug-likeness (QED) is 0.432. The number of hydrogen-bond acceptors (Lipinski definition) is 5. The lowest BCUT2D eigenvalue weighted by molar-refractivity contribution is 0.0248. The van der Waals surface area contributed by atoms with Crippen LogP contribution in [0, 0.1) is 0 Å². The zero-order valence-corrected chi connectivity index (χ0v) is 8.50. The highest BCUT2D eigenvalue weighted by Crippen LogP contribution is 2.24. The molecule has 1 rings (SSSR count). The molecular formula is C10H14N2O4. The van der Waals surface area contributed by atoms with E-state index in [1.54, 1.807) is 0 Å². The average Bonchev–Trinajstić information content (AvgIpc) is 2.26. The molecule has 0 spiro atoms. The molecule has 1 aromatic carbocycles. The molecule has 0 aliphatic heterocycles. The van der Waals surface area contributed by atoms with Crippen LogP contribution in [0.2, 0.25) is 0 Å². The van der Waals surface area contributed by atoms with E-state index in [4.69, 9.17) is 16.6 Å². The predicted molar refractivity (Wildman–Crippen MR) is 57.8 cm³/mol. The molecular weight excluding hydrogens is 212 g/mol. The number of hydrogen-bond donors (Lipinski definition) is 5. The standard InChI is InChI=1S/C10H14N2O4/c11-4-8(13)9(14)6-2-1-5(10(15)16)3-7(6)12/h1-3,8-9,13-14H,4,11-12H2,(H,15,16). The second-order valence-corrected chi connectivity index (χ2v) is 3.40. The van der Waals surface area contributed by atoms with E-state index in [0.29, 0.717) is 0 Å². The Morgan fingerprint density at radius 2 is 2.00 bits per heavy atom. The van der Waals surface area contributed by atoms with Gasteiger partial charge in [0.2, 0.25) is 0 Å². The van der Waals surface area contributed by atoms with E-state index in [0.717, 1.165) is 0 Å². The van der Waals surface area contributed by atoms with Gasteiger partial charge in [-0.1, -0.05) is 6.07 Å². The third kappa shape index (κ3) is 2.48. The maximum Gasteiger partial charge on any atom is 0.335 e. The molecule has 16 heavy (non-hydrogen) atoms. The molecule has 0 saturated carbocycles. The second kappa shape index (κ2) is 4.93. The van der Waals surface area contributed by atoms with E-state index in [2.05, 4.69) is 0 Å². The number of carbonyl (C=O) groups is 1. The van der Waals surface area contributed by atoms with Crippen LogP contribution >= 0.6 is 0 Å². The van der Waals surface area contributed by atoms with Gasteiger partial charge in [0.15, 0.2) is 0 Å². The molecule has 0 fully saturated rings. The molecule has 6 heteroatoms. The fraction of sp³-hybridized carbons (Fsp3) is 0.300. The molecule has 0 aromatic heterocycles. The van der Waals surface area contributed by atoms with Gasteiger partial charge < -0.3 is 26.8 Å². The summed E-state index contributed by atoms with van der Waals surface area (Å²) in [5, 5.41) is 27.7. The van der Waals surface area contributed by atoms with Crippen molar-refractivity contribution in [2.24, 2.45) is 5.73 Å². The number of aromatic carboxylic acids is 1. The Hall–Kier alpha value is -1.63. The summed E-state index contributed by atoms with van der Waals surface area (Å²) < 4.78 is 0. The molecule has 1 aromatic rings. The normalized spacial score (nSPS) is 14.4. The monoisotopic (exact) mass is 226 g/mol. The molecule has 0 aliphatic rings. The smallest absolute Gasteiger partial charge is 0.335 e. The lowest BCUT2D eigenvalue weighted by atomic mass is 10.0. The lowest BCUT2D eigenvalue weighted by Crippen LogP contribution is -2.27. The Morgan fingerprint density at radius 3 is 2.44 bits per heavy atom. The highest BCUT2D eigenvalue weighted by atomic mass is 16.4. The van der Waals surface area contributed by atoms with E-state index in [1.165, 1.54) is 18.2 Å². The minimum atomic E-state index is -1.21. The number of aliphatic hydroxyl groups excluding tert-OH is 2. The van der Waals surface area contributed by atoms with Gasteiger partial charge in [-0.2, -0.15) is 0 Å². The summed E-state index contributed by atoms with van der Waals surface area (Å²) in [6.45, 7) is -0.110. The van der Waals surface area contributed by atoms with Crippen LogP contribution in [0.4, 0.5) is 5.69 Å². The number of rotatable bonds is 4. The van der Waals surface area contributed by atoms with Gasteiger partial charge in [0.05, 0.1) is 11.7 Å². The van der Waals surface area contributed by atoms with Gasteiger partial charge in [0.25, 0.3) is 0 Å². The number of benzene rings is 1. The highest BCUT2D eigenvalue weighted by molar-refractivity contribution is 5.89. The average molecular weight is 226 g/mol. The van der Waals surface area contributed by atoms with Crippen LogP contribution < -0.4 is 11.5 Å². The largest absolute Gasteiger partial charge is 0.478 e. The predicted octanol–water partition coefficient (Wildman–Crippen LogP) is -0.680. The number of anilines is 1. The van der Waals surface area contributed by atoms with Crippen LogP contribution in [0.15, 0.2) is 18.2 Å². The molecule has 0 bridgehead atoms. The summed E-state index contributed by atoms with van der Waals surface area (Å²) >= 11 is 0. The van der Waals surface area contributed by atoms with Crippen molar-refractivity contribution in [3.8, 4) is 0 Å². The molecule has 2 unspecified atom stereocenters. The highest BCUT2D eigenvalue weighted by Gasteiger charge is 2.19. The molecule has 0 radical (unpaired) electrons. The Morgan fingerprint density at radius 1 is 1.38 bits per heavy atom. The summed E-state index contributed by atoms with van der Waals surface area (Å²) in [4.78, 5) is 10.6. The van der Waals surface area contributed by atoms with Crippen LogP contribution in [0.25, 0.3) is 0 Å². The van der Waals surface area contributed by atoms with Gasteiger partial charge >= 0.3 is 5.97 Å². The Balaban J connectivity index is 3.03. The number of nitrogen functional groups attached to an aromatic ring is 1. The van der Waals surface area contributed by atoms with Gasteiger partial charge in [-0.15, -0.1) is 0 Å². The Bertz CT molecular complexity index is 394. The van der Waals surface area contributed by atoms with Crippen LogP contribution in [-0.2, 0) is 0 Å². The minimum absolute atomic E-state index is 0.0238. The van der Waals surface area contributed by atoms with E-state index < -0.39 is 18.2 Å². The number of carboxylic acid groups (broad SMARTS) is 1. The van der Waals surface area contributed by atoms with E-state index >= 15 is 0 Å². The maximum atomic E-state index is 10.6. The zero-order chi connectivity index (χ0) is 12.3. The van der Waals surface area contributed by atoms with Gasteiger partial charge in [0.1, 0.15) is 6.10 Å². The fourth-order valence-electron chi connectivity index (χ4n) is 1.31. The maximum absolute atomic E-state index is 10.6. The van der Waals surface area contributed by atoms with Crippen LogP contribution in [0.1, 0.15) is 22.0 Å². The first kappa shape index (κ1) is 12.4. The van der Waals surface area contributed by atoms with Crippen molar-refractivity contribution in [1.29, 1.82) is 0 Å². The third-order valence-corrected chi connectivity index (χ3v) is 2.26. The van der Waals surface area contributed by atoms with Gasteiger partial charge in [-0.25, -0.2) is 4.79 Å². The molecule has 7 N–H and O–H groups in total. The topological polar surface area (TPSA) is 130 Å². The molecule has 0 aliphatic carbocycles. The van der Waals surface area contributed by atoms with Gasteiger partial charge in [0, 0.05) is 17.8 Å². The summed E-state index contributed by atoms with van der Waals surface area (Å²) in [6.07, 6.45) is -2.34. The van der Waals surface area contributed by atoms with Gasteiger partial charge in [-0.05, 0) is 12.1 Å². The van der Waals surface area contributed by atoms with Crippen molar-refractivity contribution in [2.75, 3.05) is 12.3 Å². The molecule has 0 saturated heterocycles. The lowest BCUT2D eigenvalue weighted by Gasteiger charge is -2.18. The van der Waals surface area contributed by atoms with E-state index in [1.807, 2.05) is 0 Å². The van der Waals surface area contributed by atoms with Crippen molar-refractivity contribution in [2.45, 2.75) is 12.2 Å². The molecule has 0 amide bonds. The first-order valence-corrected chi connectivity index (χ1v) is 4.66. The Kier molecular flexibility index (Phi) is 3.83. The Labute approximate surface area is 92.1 Å². The number of carboxylic acids is 1. The third-order valence-electron chi connectivity index (χ3n) is 2.26. The van der Waals surface area contributed by atoms with Gasteiger partial charge in [-0.3, -0.25) is 0 Å².